The summed E-state index contributed by atoms with van der Waals surface area (Å²) in [6.45, 7) is 5.41. The van der Waals surface area contributed by atoms with E-state index in [4.69, 9.17) is 18.9 Å². The minimum absolute atomic E-state index is 0.0887. The summed E-state index contributed by atoms with van der Waals surface area (Å²) in [4.78, 5) is 12.6. The summed E-state index contributed by atoms with van der Waals surface area (Å²) in [6, 6.07) is 20.1. The van der Waals surface area contributed by atoms with Gasteiger partial charge in [-0.25, -0.2) is 9.07 Å². The monoisotopic (exact) mass is 505 g/mol. The molecule has 0 aliphatic heterocycles. The zero-order chi connectivity index (χ0) is 26.0. The first-order valence-corrected chi connectivity index (χ1v) is 11.9. The molecule has 0 saturated heterocycles. The van der Waals surface area contributed by atoms with Gasteiger partial charge in [0.25, 0.3) is 5.91 Å². The van der Waals surface area contributed by atoms with Crippen molar-refractivity contribution in [3.63, 3.8) is 0 Å². The number of rotatable bonds is 12. The minimum Gasteiger partial charge on any atom is -0.490 e. The van der Waals surface area contributed by atoms with Crippen molar-refractivity contribution in [3.05, 3.63) is 96.1 Å². The molecule has 1 N–H and O–H groups in total. The molecule has 0 aliphatic carbocycles. The van der Waals surface area contributed by atoms with Crippen molar-refractivity contribution in [3.8, 4) is 23.0 Å². The van der Waals surface area contributed by atoms with E-state index in [9.17, 15) is 9.18 Å². The summed E-state index contributed by atoms with van der Waals surface area (Å²) in [5.74, 6) is 1.86. The van der Waals surface area contributed by atoms with E-state index >= 15 is 0 Å². The molecule has 0 spiro atoms. The highest BCUT2D eigenvalue weighted by molar-refractivity contribution is 6.02. The maximum atomic E-state index is 13.0. The molecule has 37 heavy (non-hydrogen) atoms. The van der Waals surface area contributed by atoms with Gasteiger partial charge in [0.05, 0.1) is 13.2 Å². The number of halogens is 1. The average Bonchev–Trinajstić information content (AvgIpc) is 3.39. The summed E-state index contributed by atoms with van der Waals surface area (Å²) >= 11 is 0. The van der Waals surface area contributed by atoms with E-state index < -0.39 is 0 Å². The molecule has 0 atom stereocenters. The second-order valence-electron chi connectivity index (χ2n) is 7.88. The maximum absolute atomic E-state index is 13.0. The van der Waals surface area contributed by atoms with Crippen LogP contribution in [-0.4, -0.2) is 28.9 Å². The quantitative estimate of drug-likeness (QED) is 0.266. The smallest absolute Gasteiger partial charge is 0.276 e. The molecule has 0 unspecified atom stereocenters. The molecule has 192 valence electrons. The molecule has 8 nitrogen and oxygen atoms in total. The molecule has 9 heteroatoms. The van der Waals surface area contributed by atoms with Crippen LogP contribution in [-0.2, 0) is 13.3 Å². The summed E-state index contributed by atoms with van der Waals surface area (Å²) in [5.41, 5.74) is 1.79. The Balaban J connectivity index is 1.28. The van der Waals surface area contributed by atoms with Gasteiger partial charge in [-0.15, -0.1) is 0 Å². The summed E-state index contributed by atoms with van der Waals surface area (Å²) in [6.07, 6.45) is 1.63. The number of anilines is 1. The minimum atomic E-state index is -0.355. The lowest BCUT2D eigenvalue weighted by Gasteiger charge is -2.13. The topological polar surface area (TPSA) is 83.8 Å². The van der Waals surface area contributed by atoms with Crippen LogP contribution in [0.3, 0.4) is 0 Å². The Morgan fingerprint density at radius 2 is 1.51 bits per heavy atom. The Morgan fingerprint density at radius 3 is 2.24 bits per heavy atom. The van der Waals surface area contributed by atoms with Crippen LogP contribution in [0.5, 0.6) is 23.0 Å². The first-order chi connectivity index (χ1) is 18.0. The molecular formula is C28H28FN3O5. The average molecular weight is 506 g/mol. The molecule has 0 radical (unpaired) electrons. The molecule has 0 aliphatic rings. The molecule has 1 amide bonds. The largest absolute Gasteiger partial charge is 0.490 e. The Kier molecular flexibility index (Phi) is 8.59. The first-order valence-electron chi connectivity index (χ1n) is 11.9. The highest BCUT2D eigenvalue weighted by Gasteiger charge is 2.11. The van der Waals surface area contributed by atoms with Crippen LogP contribution in [0.15, 0.2) is 79.0 Å². The molecule has 0 bridgehead atoms. The number of nitrogens with one attached hydrogen (secondary N) is 1. The molecule has 3 aromatic carbocycles. The number of hydrogen-bond acceptors (Lipinski definition) is 6. The van der Waals surface area contributed by atoms with E-state index in [-0.39, 0.29) is 24.1 Å². The fourth-order valence-corrected chi connectivity index (χ4v) is 3.41. The molecule has 1 heterocycles. The Bertz CT molecular complexity index is 1310. The van der Waals surface area contributed by atoms with Gasteiger partial charge in [-0.1, -0.05) is 6.07 Å². The van der Waals surface area contributed by atoms with E-state index in [1.54, 1.807) is 36.5 Å². The van der Waals surface area contributed by atoms with Gasteiger partial charge in [0.2, 0.25) is 0 Å². The molecule has 4 aromatic rings. The van der Waals surface area contributed by atoms with Crippen LogP contribution in [0, 0.1) is 5.82 Å². The predicted octanol–water partition coefficient (Wildman–Crippen LogP) is 5.69. The van der Waals surface area contributed by atoms with Crippen molar-refractivity contribution in [2.75, 3.05) is 18.5 Å². The van der Waals surface area contributed by atoms with E-state index in [0.29, 0.717) is 48.5 Å². The number of hydrogen-bond donors (Lipinski definition) is 1. The third kappa shape index (κ3) is 7.23. The highest BCUT2D eigenvalue weighted by atomic mass is 19.1. The second-order valence-corrected chi connectivity index (χ2v) is 7.88. The third-order valence-electron chi connectivity index (χ3n) is 5.18. The van der Waals surface area contributed by atoms with E-state index in [1.807, 2.05) is 32.0 Å². The molecule has 0 fully saturated rings. The van der Waals surface area contributed by atoms with Crippen molar-refractivity contribution in [2.24, 2.45) is 0 Å². The first kappa shape index (κ1) is 25.6. The number of nitrogens with zero attached hydrogens (tertiary/aromatic N) is 2. The normalized spacial score (nSPS) is 10.6. The summed E-state index contributed by atoms with van der Waals surface area (Å²) in [7, 11) is 0. The molecular weight excluding hydrogens is 477 g/mol. The van der Waals surface area contributed by atoms with Crippen molar-refractivity contribution in [1.29, 1.82) is 0 Å². The Morgan fingerprint density at radius 1 is 0.838 bits per heavy atom. The van der Waals surface area contributed by atoms with Crippen molar-refractivity contribution in [2.45, 2.75) is 27.2 Å². The van der Waals surface area contributed by atoms with Gasteiger partial charge in [-0.05, 0) is 86.1 Å². The van der Waals surface area contributed by atoms with Crippen LogP contribution in [0.4, 0.5) is 10.1 Å². The van der Waals surface area contributed by atoms with Gasteiger partial charge in [-0.3, -0.25) is 4.79 Å². The van der Waals surface area contributed by atoms with Crippen LogP contribution < -0.4 is 24.3 Å². The van der Waals surface area contributed by atoms with Crippen LogP contribution in [0.1, 0.15) is 29.9 Å². The number of carbonyl (C=O) groups is 1. The highest BCUT2D eigenvalue weighted by Crippen LogP contribution is 2.29. The predicted molar refractivity (Wildman–Crippen MR) is 137 cm³/mol. The zero-order valence-electron chi connectivity index (χ0n) is 20.6. The third-order valence-corrected chi connectivity index (χ3v) is 5.18. The zero-order valence-corrected chi connectivity index (χ0v) is 20.6. The SMILES string of the molecule is CCOc1ccc(COc2ccc(NC(=O)c3ccn(COc4ccc(F)cc4)n3)cc2)cc1OCC. The summed E-state index contributed by atoms with van der Waals surface area (Å²) < 4.78 is 37.1. The van der Waals surface area contributed by atoms with Crippen molar-refractivity contribution < 1.29 is 28.1 Å². The van der Waals surface area contributed by atoms with Crippen LogP contribution >= 0.6 is 0 Å². The fourth-order valence-electron chi connectivity index (χ4n) is 3.41. The van der Waals surface area contributed by atoms with Gasteiger partial charge in [0.1, 0.15) is 23.9 Å². The second kappa shape index (κ2) is 12.4. The van der Waals surface area contributed by atoms with E-state index in [1.165, 1.54) is 28.9 Å². The lowest BCUT2D eigenvalue weighted by molar-refractivity contribution is 0.102. The Labute approximate surface area is 214 Å². The van der Waals surface area contributed by atoms with Crippen molar-refractivity contribution in [1.82, 2.24) is 9.78 Å². The number of ether oxygens (including phenoxy) is 4. The number of benzene rings is 3. The summed E-state index contributed by atoms with van der Waals surface area (Å²) in [5, 5.41) is 7.03. The maximum Gasteiger partial charge on any atom is 0.276 e. The van der Waals surface area contributed by atoms with Gasteiger partial charge in [-0.2, -0.15) is 5.10 Å². The van der Waals surface area contributed by atoms with E-state index in [2.05, 4.69) is 10.4 Å². The van der Waals surface area contributed by atoms with Crippen LogP contribution in [0.2, 0.25) is 0 Å². The lowest BCUT2D eigenvalue weighted by atomic mass is 10.2. The molecule has 4 rings (SSSR count). The molecule has 0 saturated carbocycles. The lowest BCUT2D eigenvalue weighted by Crippen LogP contribution is -2.14. The molecule has 1 aromatic heterocycles. The van der Waals surface area contributed by atoms with Gasteiger partial charge < -0.3 is 24.3 Å². The fraction of sp³-hybridized carbons (Fsp3) is 0.214. The van der Waals surface area contributed by atoms with Gasteiger partial charge in [0, 0.05) is 11.9 Å². The number of amides is 1. The van der Waals surface area contributed by atoms with E-state index in [0.717, 1.165) is 5.56 Å². The number of carbonyl (C=O) groups excluding carboxylic acids is 1. The van der Waals surface area contributed by atoms with Crippen LogP contribution in [0.25, 0.3) is 0 Å². The van der Waals surface area contributed by atoms with Gasteiger partial charge in [0.15, 0.2) is 23.9 Å². The number of aromatic nitrogens is 2. The van der Waals surface area contributed by atoms with Crippen molar-refractivity contribution >= 4 is 11.6 Å². The van der Waals surface area contributed by atoms with Gasteiger partial charge >= 0.3 is 0 Å². The standard InChI is InChI=1S/C28H28FN3O5/c1-3-34-26-14-5-20(17-27(26)35-4-2)18-36-23-12-8-22(9-13-23)30-28(33)25-15-16-32(31-25)19-37-24-10-6-21(29)7-11-24/h5-17H,3-4,18-19H2,1-2H3,(H,30,33). The Hall–Kier alpha value is -4.53.